The summed E-state index contributed by atoms with van der Waals surface area (Å²) < 4.78 is 0. The maximum absolute atomic E-state index is 9.83. The fraction of sp³-hybridized carbons (Fsp3) is 1.00. The van der Waals surface area contributed by atoms with Crippen molar-refractivity contribution in [1.29, 1.82) is 0 Å². The van der Waals surface area contributed by atoms with E-state index < -0.39 is 0 Å². The highest BCUT2D eigenvalue weighted by Crippen LogP contribution is 2.41. The molecule has 2 nitrogen and oxygen atoms in total. The normalized spacial score (nSPS) is 21.9. The maximum atomic E-state index is 9.83. The molecule has 1 aliphatic carbocycles. The van der Waals surface area contributed by atoms with Gasteiger partial charge in [-0.1, -0.05) is 24.9 Å². The molecular weight excluding hydrogens is 138 g/mol. The Hall–Kier alpha value is -0.400. The van der Waals surface area contributed by atoms with Crippen molar-refractivity contribution < 1.29 is 0 Å². The van der Waals surface area contributed by atoms with Crippen LogP contribution in [0, 0.1) is 10.3 Å². The Labute approximate surface area is 68.3 Å². The number of hydrogen-bond donors (Lipinski definition) is 0. The Balaban J connectivity index is 2.17. The zero-order valence-corrected chi connectivity index (χ0v) is 7.31. The van der Waals surface area contributed by atoms with Crippen LogP contribution in [0.25, 0.3) is 0 Å². The van der Waals surface area contributed by atoms with E-state index in [4.69, 9.17) is 0 Å². The van der Waals surface area contributed by atoms with Gasteiger partial charge < -0.3 is 0 Å². The van der Waals surface area contributed by atoms with Crippen LogP contribution in [0.5, 0.6) is 0 Å². The molecular formula is C9H17NO. The molecule has 0 amide bonds. The molecule has 0 radical (unpaired) electrons. The summed E-state index contributed by atoms with van der Waals surface area (Å²) in [5.41, 5.74) is 0.546. The van der Waals surface area contributed by atoms with Crippen LogP contribution in [0.2, 0.25) is 0 Å². The molecule has 64 valence electrons. The van der Waals surface area contributed by atoms with E-state index in [1.54, 1.807) is 0 Å². The first-order valence-electron chi connectivity index (χ1n) is 4.56. The van der Waals surface area contributed by atoms with E-state index in [9.17, 15) is 4.91 Å². The lowest BCUT2D eigenvalue weighted by Crippen LogP contribution is -2.10. The Morgan fingerprint density at radius 3 is 2.55 bits per heavy atom. The van der Waals surface area contributed by atoms with E-state index in [-0.39, 0.29) is 0 Å². The van der Waals surface area contributed by atoms with Gasteiger partial charge in [-0.2, -0.15) is 4.91 Å². The van der Waals surface area contributed by atoms with Gasteiger partial charge in [0.15, 0.2) is 0 Å². The molecule has 0 unspecified atom stereocenters. The predicted octanol–water partition coefficient (Wildman–Crippen LogP) is 3.11. The highest BCUT2D eigenvalue weighted by Gasteiger charge is 2.27. The van der Waals surface area contributed by atoms with Gasteiger partial charge in [0.25, 0.3) is 0 Å². The smallest absolute Gasteiger partial charge is 0.0811 e. The lowest BCUT2D eigenvalue weighted by molar-refractivity contribution is 0.302. The molecule has 2 heteroatoms. The van der Waals surface area contributed by atoms with Gasteiger partial charge in [-0.15, -0.1) is 0 Å². The van der Waals surface area contributed by atoms with E-state index in [0.717, 1.165) is 6.42 Å². The number of nitroso groups, excluding NO2 is 1. The summed E-state index contributed by atoms with van der Waals surface area (Å²) in [6, 6.07) is 0. The van der Waals surface area contributed by atoms with Crippen molar-refractivity contribution in [3.8, 4) is 0 Å². The third-order valence-corrected chi connectivity index (χ3v) is 2.84. The van der Waals surface area contributed by atoms with Crippen LogP contribution in [0.1, 0.15) is 45.4 Å². The fourth-order valence-corrected chi connectivity index (χ4v) is 2.05. The molecule has 0 saturated heterocycles. The fourth-order valence-electron chi connectivity index (χ4n) is 2.05. The molecule has 1 aliphatic rings. The van der Waals surface area contributed by atoms with Gasteiger partial charge in [0.05, 0.1) is 6.54 Å². The zero-order valence-electron chi connectivity index (χ0n) is 7.31. The largest absolute Gasteiger partial charge is 0.151 e. The highest BCUT2D eigenvalue weighted by molar-refractivity contribution is 4.80. The molecule has 0 atom stereocenters. The molecule has 0 spiro atoms. The Morgan fingerprint density at radius 1 is 1.36 bits per heavy atom. The van der Waals surface area contributed by atoms with Crippen molar-refractivity contribution in [3.05, 3.63) is 4.91 Å². The Morgan fingerprint density at radius 2 is 2.00 bits per heavy atom. The van der Waals surface area contributed by atoms with Gasteiger partial charge in [-0.05, 0) is 31.1 Å². The molecule has 1 rings (SSSR count). The quantitative estimate of drug-likeness (QED) is 0.453. The first-order chi connectivity index (χ1) is 5.27. The highest BCUT2D eigenvalue weighted by atomic mass is 16.3. The van der Waals surface area contributed by atoms with Crippen molar-refractivity contribution in [2.75, 3.05) is 6.54 Å². The van der Waals surface area contributed by atoms with Crippen LogP contribution in [0.4, 0.5) is 0 Å². The number of hydrogen-bond acceptors (Lipinski definition) is 2. The lowest BCUT2D eigenvalue weighted by atomic mass is 9.84. The van der Waals surface area contributed by atoms with Crippen molar-refractivity contribution in [2.45, 2.75) is 45.4 Å². The second-order valence-electron chi connectivity index (χ2n) is 3.97. The minimum Gasteiger partial charge on any atom is -0.151 e. The molecule has 0 aliphatic heterocycles. The zero-order chi connectivity index (χ0) is 8.16. The van der Waals surface area contributed by atoms with Crippen LogP contribution in [0.3, 0.4) is 0 Å². The summed E-state index contributed by atoms with van der Waals surface area (Å²) in [6.45, 7) is 2.85. The van der Waals surface area contributed by atoms with Crippen LogP contribution in [-0.2, 0) is 0 Å². The first-order valence-corrected chi connectivity index (χ1v) is 4.56. The molecule has 0 bridgehead atoms. The third kappa shape index (κ3) is 2.60. The minimum absolute atomic E-state index is 0.510. The molecule has 1 saturated carbocycles. The van der Waals surface area contributed by atoms with Crippen LogP contribution in [-0.4, -0.2) is 6.54 Å². The average molecular weight is 155 g/mol. The first kappa shape index (κ1) is 8.69. The lowest BCUT2D eigenvalue weighted by Gasteiger charge is -2.22. The molecule has 0 N–H and O–H groups in total. The van der Waals surface area contributed by atoms with Gasteiger partial charge in [-0.3, -0.25) is 0 Å². The molecule has 0 aromatic rings. The second kappa shape index (κ2) is 3.84. The molecule has 0 heterocycles. The van der Waals surface area contributed by atoms with Gasteiger partial charge in [-0.25, -0.2) is 0 Å². The van der Waals surface area contributed by atoms with Gasteiger partial charge in [0.1, 0.15) is 0 Å². The van der Waals surface area contributed by atoms with Crippen LogP contribution < -0.4 is 0 Å². The number of nitrogens with zero attached hydrogens (tertiary/aromatic N) is 1. The molecule has 0 aromatic heterocycles. The Bertz CT molecular complexity index is 128. The summed E-state index contributed by atoms with van der Waals surface area (Å²) in [7, 11) is 0. The number of rotatable bonds is 4. The van der Waals surface area contributed by atoms with Crippen LogP contribution >= 0.6 is 0 Å². The van der Waals surface area contributed by atoms with Crippen molar-refractivity contribution in [3.63, 3.8) is 0 Å². The summed E-state index contributed by atoms with van der Waals surface area (Å²) in [5, 5.41) is 2.88. The predicted molar refractivity (Wildman–Crippen MR) is 46.5 cm³/mol. The minimum atomic E-state index is 0.510. The van der Waals surface area contributed by atoms with E-state index in [0.29, 0.717) is 12.0 Å². The molecule has 1 fully saturated rings. The van der Waals surface area contributed by atoms with Gasteiger partial charge in [0.2, 0.25) is 0 Å². The average Bonchev–Trinajstić information content (AvgIpc) is 2.38. The van der Waals surface area contributed by atoms with E-state index in [1.807, 2.05) is 0 Å². The molecule has 0 aromatic carbocycles. The maximum Gasteiger partial charge on any atom is 0.0811 e. The van der Waals surface area contributed by atoms with Crippen molar-refractivity contribution in [2.24, 2.45) is 10.6 Å². The van der Waals surface area contributed by atoms with Gasteiger partial charge in [0, 0.05) is 0 Å². The van der Waals surface area contributed by atoms with Gasteiger partial charge >= 0.3 is 0 Å². The summed E-state index contributed by atoms with van der Waals surface area (Å²) in [5.74, 6) is 0. The van der Waals surface area contributed by atoms with E-state index in [1.165, 1.54) is 32.1 Å². The summed E-state index contributed by atoms with van der Waals surface area (Å²) >= 11 is 0. The second-order valence-corrected chi connectivity index (χ2v) is 3.97. The van der Waals surface area contributed by atoms with Crippen molar-refractivity contribution >= 4 is 0 Å². The molecule has 11 heavy (non-hydrogen) atoms. The summed E-state index contributed by atoms with van der Waals surface area (Å²) in [4.78, 5) is 9.83. The van der Waals surface area contributed by atoms with Crippen molar-refractivity contribution in [1.82, 2.24) is 0 Å². The summed E-state index contributed by atoms with van der Waals surface area (Å²) in [6.07, 6.45) is 7.65. The van der Waals surface area contributed by atoms with Crippen LogP contribution in [0.15, 0.2) is 5.18 Å². The Kier molecular flexibility index (Phi) is 3.03. The topological polar surface area (TPSA) is 29.4 Å². The third-order valence-electron chi connectivity index (χ3n) is 2.84. The SMILES string of the molecule is CC1(CCCN=O)CCCC1. The standard InChI is InChI=1S/C9H17NO/c1-9(5-2-3-6-9)7-4-8-10-11/h2-8H2,1H3. The van der Waals surface area contributed by atoms with E-state index in [2.05, 4.69) is 12.1 Å². The van der Waals surface area contributed by atoms with E-state index >= 15 is 0 Å². The monoisotopic (exact) mass is 155 g/mol.